The van der Waals surface area contributed by atoms with Gasteiger partial charge < -0.3 is 9.97 Å². The topological polar surface area (TPSA) is 81.8 Å². The van der Waals surface area contributed by atoms with Crippen molar-refractivity contribution in [2.24, 2.45) is 0 Å². The second-order valence-corrected chi connectivity index (χ2v) is 6.81. The summed E-state index contributed by atoms with van der Waals surface area (Å²) in [5.41, 5.74) is 0.946. The van der Waals surface area contributed by atoms with Crippen molar-refractivity contribution in [2.75, 3.05) is 6.54 Å². The Bertz CT molecular complexity index is 675. The summed E-state index contributed by atoms with van der Waals surface area (Å²) in [6.07, 6.45) is 5.64. The molecule has 1 aliphatic heterocycles. The van der Waals surface area contributed by atoms with E-state index in [1.807, 2.05) is 25.3 Å². The maximum absolute atomic E-state index is 12.7. The van der Waals surface area contributed by atoms with E-state index in [1.165, 1.54) is 6.20 Å². The lowest BCUT2D eigenvalue weighted by Crippen LogP contribution is -2.31. The number of aryl methyl sites for hydroxylation is 1. The van der Waals surface area contributed by atoms with E-state index in [0.29, 0.717) is 18.8 Å². The number of hydrogen-bond acceptors (Lipinski definition) is 3. The van der Waals surface area contributed by atoms with Gasteiger partial charge in [0, 0.05) is 24.9 Å². The molecule has 108 valence electrons. The van der Waals surface area contributed by atoms with Crippen LogP contribution in [0.5, 0.6) is 0 Å². The number of rotatable bonds is 4. The Balaban J connectivity index is 1.94. The number of nitrogens with one attached hydrogen (secondary N) is 2. The smallest absolute Gasteiger partial charge is 0.260 e. The van der Waals surface area contributed by atoms with Crippen LogP contribution in [0.4, 0.5) is 0 Å². The Morgan fingerprint density at radius 2 is 2.35 bits per heavy atom. The van der Waals surface area contributed by atoms with E-state index < -0.39 is 10.0 Å². The van der Waals surface area contributed by atoms with E-state index in [4.69, 9.17) is 0 Å². The Labute approximate surface area is 118 Å². The lowest BCUT2D eigenvalue weighted by molar-refractivity contribution is 0.390. The second-order valence-electron chi connectivity index (χ2n) is 4.95. The molecule has 2 aromatic heterocycles. The van der Waals surface area contributed by atoms with Crippen molar-refractivity contribution in [3.05, 3.63) is 36.0 Å². The molecule has 1 aliphatic rings. The van der Waals surface area contributed by atoms with E-state index in [0.717, 1.165) is 18.5 Å². The number of imidazole rings is 1. The molecule has 1 saturated heterocycles. The largest absolute Gasteiger partial charge is 0.364 e. The summed E-state index contributed by atoms with van der Waals surface area (Å²) < 4.78 is 27.0. The van der Waals surface area contributed by atoms with Crippen molar-refractivity contribution in [3.63, 3.8) is 0 Å². The lowest BCUT2D eigenvalue weighted by Gasteiger charge is -2.22. The fraction of sp³-hybridized carbons (Fsp3) is 0.462. The minimum atomic E-state index is -3.51. The third-order valence-electron chi connectivity index (χ3n) is 3.71. The molecule has 0 saturated carbocycles. The molecule has 0 amide bonds. The van der Waals surface area contributed by atoms with Crippen LogP contribution in [0.2, 0.25) is 0 Å². The average molecular weight is 294 g/mol. The summed E-state index contributed by atoms with van der Waals surface area (Å²) in [4.78, 5) is 10.1. The van der Waals surface area contributed by atoms with Crippen LogP contribution in [-0.2, 0) is 16.4 Å². The Morgan fingerprint density at radius 3 is 3.00 bits per heavy atom. The first-order chi connectivity index (χ1) is 9.63. The molecule has 0 radical (unpaired) electrons. The van der Waals surface area contributed by atoms with Crippen molar-refractivity contribution in [2.45, 2.75) is 37.3 Å². The van der Waals surface area contributed by atoms with Crippen molar-refractivity contribution in [1.82, 2.24) is 19.3 Å². The van der Waals surface area contributed by atoms with Gasteiger partial charge in [0.1, 0.15) is 5.82 Å². The minimum Gasteiger partial charge on any atom is -0.364 e. The van der Waals surface area contributed by atoms with Gasteiger partial charge in [-0.1, -0.05) is 6.92 Å². The minimum absolute atomic E-state index is 0.108. The molecule has 3 rings (SSSR count). The summed E-state index contributed by atoms with van der Waals surface area (Å²) in [5, 5.41) is 0.188. The second kappa shape index (κ2) is 5.06. The molecule has 0 aromatic carbocycles. The van der Waals surface area contributed by atoms with Crippen LogP contribution in [0, 0.1) is 0 Å². The van der Waals surface area contributed by atoms with Gasteiger partial charge >= 0.3 is 0 Å². The molecule has 7 heteroatoms. The van der Waals surface area contributed by atoms with Gasteiger partial charge in [-0.25, -0.2) is 13.4 Å². The molecular weight excluding hydrogens is 276 g/mol. The lowest BCUT2D eigenvalue weighted by atomic mass is 10.2. The van der Waals surface area contributed by atoms with E-state index >= 15 is 0 Å². The normalized spacial score (nSPS) is 20.6. The van der Waals surface area contributed by atoms with Gasteiger partial charge in [0.15, 0.2) is 5.03 Å². The van der Waals surface area contributed by atoms with Crippen LogP contribution in [0.15, 0.2) is 29.6 Å². The van der Waals surface area contributed by atoms with Crippen molar-refractivity contribution in [3.8, 4) is 0 Å². The number of nitrogens with zero attached hydrogens (tertiary/aromatic N) is 2. The molecule has 0 bridgehead atoms. The summed E-state index contributed by atoms with van der Waals surface area (Å²) >= 11 is 0. The highest BCUT2D eigenvalue weighted by atomic mass is 32.2. The third-order valence-corrected chi connectivity index (χ3v) is 5.53. The van der Waals surface area contributed by atoms with Gasteiger partial charge in [-0.3, -0.25) is 0 Å². The summed E-state index contributed by atoms with van der Waals surface area (Å²) in [7, 11) is -3.51. The van der Waals surface area contributed by atoms with Gasteiger partial charge in [0.05, 0.1) is 12.2 Å². The highest BCUT2D eigenvalue weighted by Gasteiger charge is 2.37. The van der Waals surface area contributed by atoms with Crippen LogP contribution < -0.4 is 0 Å². The average Bonchev–Trinajstić information content (AvgIpc) is 3.17. The fourth-order valence-electron chi connectivity index (χ4n) is 2.67. The number of aromatic amines is 2. The quantitative estimate of drug-likeness (QED) is 0.902. The molecule has 0 aliphatic carbocycles. The van der Waals surface area contributed by atoms with Gasteiger partial charge in [-0.2, -0.15) is 4.31 Å². The zero-order chi connectivity index (χ0) is 14.2. The monoisotopic (exact) mass is 294 g/mol. The Kier molecular flexibility index (Phi) is 3.39. The maximum atomic E-state index is 12.7. The van der Waals surface area contributed by atoms with Crippen molar-refractivity contribution >= 4 is 10.0 Å². The Morgan fingerprint density at radius 1 is 1.50 bits per heavy atom. The number of sulfonamides is 1. The number of aromatic nitrogens is 3. The van der Waals surface area contributed by atoms with Crippen molar-refractivity contribution < 1.29 is 8.42 Å². The van der Waals surface area contributed by atoms with Gasteiger partial charge in [-0.05, 0) is 25.0 Å². The molecule has 0 spiro atoms. The molecule has 3 heterocycles. The van der Waals surface area contributed by atoms with E-state index in [2.05, 4.69) is 15.0 Å². The van der Waals surface area contributed by atoms with Crippen LogP contribution in [0.1, 0.15) is 37.3 Å². The third kappa shape index (κ3) is 2.16. The highest BCUT2D eigenvalue weighted by molar-refractivity contribution is 7.89. The molecule has 1 fully saturated rings. The predicted molar refractivity (Wildman–Crippen MR) is 74.6 cm³/mol. The maximum Gasteiger partial charge on any atom is 0.260 e. The fourth-order valence-corrected chi connectivity index (χ4v) is 4.28. The SMILES string of the molecule is CCc1ncc(S(=O)(=O)N2CCCC2c2ccc[nH]2)[nH]1. The van der Waals surface area contributed by atoms with Crippen LogP contribution in [0.3, 0.4) is 0 Å². The summed E-state index contributed by atoms with van der Waals surface area (Å²) in [5.74, 6) is 0.694. The first-order valence-corrected chi connectivity index (χ1v) is 8.26. The van der Waals surface area contributed by atoms with E-state index in [-0.39, 0.29) is 11.1 Å². The van der Waals surface area contributed by atoms with Crippen molar-refractivity contribution in [1.29, 1.82) is 0 Å². The van der Waals surface area contributed by atoms with Crippen LogP contribution in [-0.4, -0.2) is 34.2 Å². The molecule has 1 atom stereocenters. The van der Waals surface area contributed by atoms with Gasteiger partial charge in [0.25, 0.3) is 10.0 Å². The number of hydrogen-bond donors (Lipinski definition) is 2. The van der Waals surface area contributed by atoms with Gasteiger partial charge in [0.2, 0.25) is 0 Å². The molecule has 2 aromatic rings. The molecule has 2 N–H and O–H groups in total. The number of H-pyrrole nitrogens is 2. The van der Waals surface area contributed by atoms with E-state index in [9.17, 15) is 8.42 Å². The first kappa shape index (κ1) is 13.4. The molecule has 1 unspecified atom stereocenters. The molecular formula is C13H18N4O2S. The zero-order valence-electron chi connectivity index (χ0n) is 11.3. The van der Waals surface area contributed by atoms with E-state index in [1.54, 1.807) is 4.31 Å². The first-order valence-electron chi connectivity index (χ1n) is 6.82. The zero-order valence-corrected chi connectivity index (χ0v) is 12.2. The van der Waals surface area contributed by atoms with Crippen LogP contribution >= 0.6 is 0 Å². The standard InChI is InChI=1S/C13H18N4O2S/c1-2-12-15-9-13(16-12)20(18,19)17-8-4-6-11(17)10-5-3-7-14-10/h3,5,7,9,11,14H,2,4,6,8H2,1H3,(H,15,16). The highest BCUT2D eigenvalue weighted by Crippen LogP contribution is 2.35. The Hall–Kier alpha value is -1.60. The summed E-state index contributed by atoms with van der Waals surface area (Å²) in [6.45, 7) is 2.49. The van der Waals surface area contributed by atoms with Gasteiger partial charge in [-0.15, -0.1) is 0 Å². The van der Waals surface area contributed by atoms with Crippen LogP contribution in [0.25, 0.3) is 0 Å². The predicted octanol–water partition coefficient (Wildman–Crippen LogP) is 1.83. The summed E-state index contributed by atoms with van der Waals surface area (Å²) in [6, 6.07) is 3.72. The molecule has 20 heavy (non-hydrogen) atoms. The molecule has 6 nitrogen and oxygen atoms in total.